The van der Waals surface area contributed by atoms with Crippen LogP contribution in [0.2, 0.25) is 0 Å². The van der Waals surface area contributed by atoms with Crippen molar-refractivity contribution in [2.45, 2.75) is 45.1 Å². The normalized spacial score (nSPS) is 27.0. The van der Waals surface area contributed by atoms with Gasteiger partial charge in [0.2, 0.25) is 0 Å². The highest BCUT2D eigenvalue weighted by Gasteiger charge is 2.35. The van der Waals surface area contributed by atoms with Crippen molar-refractivity contribution in [2.75, 3.05) is 31.6 Å². The zero-order valence-electron chi connectivity index (χ0n) is 13.2. The van der Waals surface area contributed by atoms with Gasteiger partial charge in [0.05, 0.1) is 10.6 Å². The smallest absolute Gasteiger partial charge is 0.186 e. The zero-order chi connectivity index (χ0) is 15.0. The number of nitrogens with zero attached hydrogens (tertiary/aromatic N) is 3. The average molecular weight is 307 g/mol. The summed E-state index contributed by atoms with van der Waals surface area (Å²) in [5.74, 6) is 1.07. The lowest BCUT2D eigenvalue weighted by atomic mass is 9.84. The Morgan fingerprint density at radius 2 is 2.14 bits per heavy atom. The predicted molar refractivity (Wildman–Crippen MR) is 87.6 cm³/mol. The van der Waals surface area contributed by atoms with Gasteiger partial charge in [-0.05, 0) is 44.7 Å². The molecule has 5 heteroatoms. The SMILES string of the molecule is CC(C)c1nc(N2CCC3C(CCCN3C)C2)sc1C=O. The number of carbonyl (C=O) groups excluding carboxylic acids is 1. The van der Waals surface area contributed by atoms with Crippen molar-refractivity contribution in [3.8, 4) is 0 Å². The highest BCUT2D eigenvalue weighted by atomic mass is 32.1. The van der Waals surface area contributed by atoms with Gasteiger partial charge in [-0.15, -0.1) is 0 Å². The molecule has 0 amide bonds. The molecule has 2 aliphatic rings. The summed E-state index contributed by atoms with van der Waals surface area (Å²) in [5.41, 5.74) is 0.966. The summed E-state index contributed by atoms with van der Waals surface area (Å²) in [7, 11) is 2.26. The molecule has 1 aromatic rings. The minimum absolute atomic E-state index is 0.313. The van der Waals surface area contributed by atoms with Crippen molar-refractivity contribution in [2.24, 2.45) is 5.92 Å². The van der Waals surface area contributed by atoms with E-state index in [1.807, 2.05) is 0 Å². The topological polar surface area (TPSA) is 36.4 Å². The molecule has 2 atom stereocenters. The lowest BCUT2D eigenvalue weighted by molar-refractivity contribution is 0.102. The number of hydrogen-bond donors (Lipinski definition) is 0. The Balaban J connectivity index is 1.77. The van der Waals surface area contributed by atoms with E-state index >= 15 is 0 Å². The summed E-state index contributed by atoms with van der Waals surface area (Å²) in [4.78, 5) is 21.8. The van der Waals surface area contributed by atoms with Crippen molar-refractivity contribution in [1.82, 2.24) is 9.88 Å². The van der Waals surface area contributed by atoms with E-state index in [1.54, 1.807) is 11.3 Å². The molecule has 2 unspecified atom stereocenters. The van der Waals surface area contributed by atoms with Gasteiger partial charge in [0.15, 0.2) is 11.4 Å². The monoisotopic (exact) mass is 307 g/mol. The van der Waals surface area contributed by atoms with Crippen LogP contribution in [0.4, 0.5) is 5.13 Å². The van der Waals surface area contributed by atoms with E-state index in [9.17, 15) is 4.79 Å². The van der Waals surface area contributed by atoms with Crippen LogP contribution in [0.25, 0.3) is 0 Å². The Kier molecular flexibility index (Phi) is 4.31. The highest BCUT2D eigenvalue weighted by Crippen LogP contribution is 2.35. The third kappa shape index (κ3) is 2.86. The van der Waals surface area contributed by atoms with Crippen molar-refractivity contribution < 1.29 is 4.79 Å². The highest BCUT2D eigenvalue weighted by molar-refractivity contribution is 7.17. The number of carbonyl (C=O) groups is 1. The Morgan fingerprint density at radius 3 is 2.81 bits per heavy atom. The van der Waals surface area contributed by atoms with Gasteiger partial charge in [0.25, 0.3) is 0 Å². The summed E-state index contributed by atoms with van der Waals surface area (Å²) in [6, 6.07) is 0.741. The first-order chi connectivity index (χ1) is 10.1. The molecule has 2 fully saturated rings. The molecule has 0 spiro atoms. The quantitative estimate of drug-likeness (QED) is 0.804. The van der Waals surface area contributed by atoms with Crippen molar-refractivity contribution in [1.29, 1.82) is 0 Å². The second-order valence-corrected chi connectivity index (χ2v) is 7.71. The van der Waals surface area contributed by atoms with Crippen LogP contribution >= 0.6 is 11.3 Å². The molecule has 4 nitrogen and oxygen atoms in total. The molecule has 1 aromatic heterocycles. The van der Waals surface area contributed by atoms with Crippen molar-refractivity contribution >= 4 is 22.8 Å². The molecule has 0 aliphatic carbocycles. The van der Waals surface area contributed by atoms with E-state index in [0.717, 1.165) is 47.0 Å². The molecule has 116 valence electrons. The fraction of sp³-hybridized carbons (Fsp3) is 0.750. The van der Waals surface area contributed by atoms with E-state index in [-0.39, 0.29) is 0 Å². The summed E-state index contributed by atoms with van der Waals surface area (Å²) in [5, 5.41) is 1.05. The Hall–Kier alpha value is -0.940. The van der Waals surface area contributed by atoms with Crippen LogP contribution in [0.5, 0.6) is 0 Å². The van der Waals surface area contributed by atoms with Crippen molar-refractivity contribution in [3.05, 3.63) is 10.6 Å². The van der Waals surface area contributed by atoms with Crippen LogP contribution in [-0.2, 0) is 0 Å². The minimum Gasteiger partial charge on any atom is -0.348 e. The Bertz CT molecular complexity index is 514. The van der Waals surface area contributed by atoms with E-state index in [1.165, 1.54) is 25.8 Å². The molecule has 0 radical (unpaired) electrons. The van der Waals surface area contributed by atoms with Gasteiger partial charge >= 0.3 is 0 Å². The molecule has 0 aromatic carbocycles. The van der Waals surface area contributed by atoms with Crippen LogP contribution in [0.3, 0.4) is 0 Å². The fourth-order valence-electron chi connectivity index (χ4n) is 3.79. The van der Waals surface area contributed by atoms with Crippen LogP contribution in [0.1, 0.15) is 54.4 Å². The zero-order valence-corrected chi connectivity index (χ0v) is 14.0. The van der Waals surface area contributed by atoms with E-state index in [4.69, 9.17) is 4.98 Å². The molecule has 21 heavy (non-hydrogen) atoms. The molecule has 0 bridgehead atoms. The second-order valence-electron chi connectivity index (χ2n) is 6.70. The van der Waals surface area contributed by atoms with Crippen LogP contribution < -0.4 is 4.90 Å². The van der Waals surface area contributed by atoms with Crippen molar-refractivity contribution in [3.63, 3.8) is 0 Å². The molecule has 2 aliphatic heterocycles. The molecule has 3 heterocycles. The number of rotatable bonds is 3. The third-order valence-electron chi connectivity index (χ3n) is 4.94. The van der Waals surface area contributed by atoms with Crippen LogP contribution in [-0.4, -0.2) is 48.9 Å². The van der Waals surface area contributed by atoms with E-state index < -0.39 is 0 Å². The van der Waals surface area contributed by atoms with E-state index in [2.05, 4.69) is 30.7 Å². The van der Waals surface area contributed by atoms with Crippen LogP contribution in [0.15, 0.2) is 0 Å². The maximum atomic E-state index is 11.2. The molecule has 0 N–H and O–H groups in total. The number of piperidine rings is 2. The number of fused-ring (bicyclic) bond motifs is 1. The Morgan fingerprint density at radius 1 is 1.33 bits per heavy atom. The van der Waals surface area contributed by atoms with Gasteiger partial charge in [0.1, 0.15) is 0 Å². The van der Waals surface area contributed by atoms with Gasteiger partial charge in [-0.2, -0.15) is 0 Å². The van der Waals surface area contributed by atoms with Gasteiger partial charge in [-0.3, -0.25) is 4.79 Å². The third-order valence-corrected chi connectivity index (χ3v) is 6.00. The number of hydrogen-bond acceptors (Lipinski definition) is 5. The largest absolute Gasteiger partial charge is 0.348 e. The molecule has 2 saturated heterocycles. The maximum absolute atomic E-state index is 11.2. The van der Waals surface area contributed by atoms with Gasteiger partial charge < -0.3 is 9.80 Å². The molecular formula is C16H25N3OS. The summed E-state index contributed by atoms with van der Waals surface area (Å²) >= 11 is 1.57. The summed E-state index contributed by atoms with van der Waals surface area (Å²) < 4.78 is 0. The molecular weight excluding hydrogens is 282 g/mol. The first kappa shape index (κ1) is 15.0. The molecule has 3 rings (SSSR count). The number of aldehydes is 1. The molecule has 0 saturated carbocycles. The lowest BCUT2D eigenvalue weighted by Crippen LogP contribution is -2.52. The fourth-order valence-corrected chi connectivity index (χ4v) is 4.86. The first-order valence-electron chi connectivity index (χ1n) is 8.01. The van der Waals surface area contributed by atoms with Crippen LogP contribution in [0, 0.1) is 5.92 Å². The summed E-state index contributed by atoms with van der Waals surface area (Å²) in [6.07, 6.45) is 4.82. The minimum atomic E-state index is 0.313. The van der Waals surface area contributed by atoms with Gasteiger partial charge in [-0.25, -0.2) is 4.98 Å². The first-order valence-corrected chi connectivity index (χ1v) is 8.83. The lowest BCUT2D eigenvalue weighted by Gasteiger charge is -2.45. The predicted octanol–water partition coefficient (Wildman–Crippen LogP) is 3.00. The second kappa shape index (κ2) is 6.05. The number of thiazole rings is 1. The Labute approximate surface area is 131 Å². The van der Waals surface area contributed by atoms with Gasteiger partial charge in [0, 0.05) is 19.1 Å². The number of aromatic nitrogens is 1. The maximum Gasteiger partial charge on any atom is 0.186 e. The number of likely N-dealkylation sites (tertiary alicyclic amines) is 1. The van der Waals surface area contributed by atoms with Gasteiger partial charge in [-0.1, -0.05) is 25.2 Å². The summed E-state index contributed by atoms with van der Waals surface area (Å²) in [6.45, 7) is 7.61. The van der Waals surface area contributed by atoms with E-state index in [0.29, 0.717) is 5.92 Å². The average Bonchev–Trinajstić information content (AvgIpc) is 2.91. The standard InChI is InChI=1S/C16H25N3OS/c1-11(2)15-14(10-20)21-16(17-15)19-8-6-13-12(9-19)5-4-7-18(13)3/h10-13H,4-9H2,1-3H3. The number of anilines is 1.